The maximum atomic E-state index is 12.9. The lowest BCUT2D eigenvalue weighted by molar-refractivity contribution is -0.121. The minimum Gasteiger partial charge on any atom is -0.493 e. The first kappa shape index (κ1) is 24.1. The number of methoxy groups -OCH3 is 2. The number of hydrogen-bond acceptors (Lipinski definition) is 5. The summed E-state index contributed by atoms with van der Waals surface area (Å²) in [5.74, 6) is 2.79. The Bertz CT molecular complexity index is 1310. The van der Waals surface area contributed by atoms with Crippen molar-refractivity contribution in [3.63, 3.8) is 0 Å². The Morgan fingerprint density at radius 2 is 1.71 bits per heavy atom. The molecule has 182 valence electrons. The van der Waals surface area contributed by atoms with Gasteiger partial charge in [0.1, 0.15) is 18.2 Å². The Labute approximate surface area is 205 Å². The van der Waals surface area contributed by atoms with Crippen LogP contribution in [0.25, 0.3) is 11.0 Å². The summed E-state index contributed by atoms with van der Waals surface area (Å²) in [6.45, 7) is 5.08. The van der Waals surface area contributed by atoms with Crippen molar-refractivity contribution in [2.24, 2.45) is 0 Å². The van der Waals surface area contributed by atoms with Crippen LogP contribution in [-0.4, -0.2) is 36.3 Å². The molecule has 1 unspecified atom stereocenters. The number of imidazole rings is 1. The second-order valence-electron chi connectivity index (χ2n) is 8.38. The van der Waals surface area contributed by atoms with E-state index in [0.717, 1.165) is 33.7 Å². The van der Waals surface area contributed by atoms with Crippen LogP contribution >= 0.6 is 0 Å². The third kappa shape index (κ3) is 5.57. The molecule has 1 amide bonds. The Morgan fingerprint density at radius 3 is 2.49 bits per heavy atom. The van der Waals surface area contributed by atoms with Crippen LogP contribution in [0.3, 0.4) is 0 Å². The van der Waals surface area contributed by atoms with Crippen molar-refractivity contribution in [1.82, 2.24) is 14.9 Å². The van der Waals surface area contributed by atoms with Gasteiger partial charge in [0.05, 0.1) is 44.3 Å². The van der Waals surface area contributed by atoms with Gasteiger partial charge in [-0.05, 0) is 55.3 Å². The van der Waals surface area contributed by atoms with E-state index in [4.69, 9.17) is 19.2 Å². The molecule has 0 fully saturated rings. The molecule has 1 aromatic heterocycles. The lowest BCUT2D eigenvalue weighted by atomic mass is 10.1. The third-order valence-electron chi connectivity index (χ3n) is 5.93. The van der Waals surface area contributed by atoms with Gasteiger partial charge in [-0.15, -0.1) is 0 Å². The van der Waals surface area contributed by atoms with Crippen molar-refractivity contribution in [3.8, 4) is 17.2 Å². The molecule has 3 aromatic carbocycles. The molecule has 0 aliphatic rings. The molecule has 0 spiro atoms. The summed E-state index contributed by atoms with van der Waals surface area (Å²) >= 11 is 0. The summed E-state index contributed by atoms with van der Waals surface area (Å²) in [6.07, 6.45) is 0.224. The number of aryl methyl sites for hydroxylation is 1. The summed E-state index contributed by atoms with van der Waals surface area (Å²) in [7, 11) is 3.17. The number of nitrogens with one attached hydrogen (secondary N) is 1. The van der Waals surface area contributed by atoms with Crippen LogP contribution in [0.4, 0.5) is 0 Å². The highest BCUT2D eigenvalue weighted by Crippen LogP contribution is 2.28. The smallest absolute Gasteiger partial charge is 0.224 e. The lowest BCUT2D eigenvalue weighted by Crippen LogP contribution is -2.30. The molecule has 7 nitrogen and oxygen atoms in total. The van der Waals surface area contributed by atoms with E-state index in [1.54, 1.807) is 20.3 Å². The monoisotopic (exact) mass is 473 g/mol. The van der Waals surface area contributed by atoms with Crippen LogP contribution in [0.5, 0.6) is 17.2 Å². The Kier molecular flexibility index (Phi) is 7.55. The molecule has 0 aliphatic heterocycles. The zero-order chi connectivity index (χ0) is 24.8. The highest BCUT2D eigenvalue weighted by Gasteiger charge is 2.19. The van der Waals surface area contributed by atoms with Gasteiger partial charge >= 0.3 is 0 Å². The Morgan fingerprint density at radius 1 is 0.971 bits per heavy atom. The van der Waals surface area contributed by atoms with Crippen LogP contribution in [0, 0.1) is 6.92 Å². The van der Waals surface area contributed by atoms with Crippen molar-refractivity contribution < 1.29 is 19.0 Å². The highest BCUT2D eigenvalue weighted by atomic mass is 16.5. The summed E-state index contributed by atoms with van der Waals surface area (Å²) in [5, 5.41) is 3.09. The highest BCUT2D eigenvalue weighted by molar-refractivity contribution is 5.80. The molecule has 0 radical (unpaired) electrons. The summed E-state index contributed by atoms with van der Waals surface area (Å²) < 4.78 is 18.8. The fourth-order valence-electron chi connectivity index (χ4n) is 4.16. The van der Waals surface area contributed by atoms with Crippen LogP contribution in [0.2, 0.25) is 0 Å². The predicted octanol–water partition coefficient (Wildman–Crippen LogP) is 4.86. The SMILES string of the molecule is COc1ccc(CC(=O)NC(C)c2nc3ccccc3n2CCOc2ccccc2C)cc1OC. The van der Waals surface area contributed by atoms with Crippen LogP contribution < -0.4 is 19.5 Å². The van der Waals surface area contributed by atoms with Gasteiger partial charge in [0.25, 0.3) is 0 Å². The molecule has 0 saturated heterocycles. The van der Waals surface area contributed by atoms with Gasteiger partial charge in [0.2, 0.25) is 5.91 Å². The van der Waals surface area contributed by atoms with Crippen molar-refractivity contribution in [1.29, 1.82) is 0 Å². The molecule has 4 aromatic rings. The van der Waals surface area contributed by atoms with Gasteiger partial charge in [-0.25, -0.2) is 4.98 Å². The molecule has 0 aliphatic carbocycles. The van der Waals surface area contributed by atoms with Gasteiger partial charge in [-0.1, -0.05) is 36.4 Å². The van der Waals surface area contributed by atoms with Gasteiger partial charge < -0.3 is 24.1 Å². The van der Waals surface area contributed by atoms with Crippen molar-refractivity contribution in [2.75, 3.05) is 20.8 Å². The standard InChI is InChI=1S/C28H31N3O4/c1-19-9-5-8-12-24(19)35-16-15-31-23-11-7-6-10-22(23)30-28(31)20(2)29-27(32)18-21-13-14-25(33-3)26(17-21)34-4/h5-14,17,20H,15-16,18H2,1-4H3,(H,29,32). The molecular weight excluding hydrogens is 442 g/mol. The first-order valence-electron chi connectivity index (χ1n) is 11.6. The number of benzene rings is 3. The predicted molar refractivity (Wildman–Crippen MR) is 136 cm³/mol. The zero-order valence-corrected chi connectivity index (χ0v) is 20.6. The Hall–Kier alpha value is -4.00. The number of ether oxygens (including phenoxy) is 3. The van der Waals surface area contributed by atoms with E-state index in [1.807, 2.05) is 74.5 Å². The third-order valence-corrected chi connectivity index (χ3v) is 5.93. The van der Waals surface area contributed by atoms with Gasteiger partial charge in [0.15, 0.2) is 11.5 Å². The maximum absolute atomic E-state index is 12.9. The maximum Gasteiger partial charge on any atom is 0.224 e. The number of para-hydroxylation sites is 3. The van der Waals surface area contributed by atoms with Crippen LogP contribution in [0.15, 0.2) is 66.7 Å². The molecule has 0 saturated carbocycles. The minimum atomic E-state index is -0.284. The molecule has 1 N–H and O–H groups in total. The number of carbonyl (C=O) groups excluding carboxylic acids is 1. The van der Waals surface area contributed by atoms with Gasteiger partial charge in [-0.2, -0.15) is 0 Å². The van der Waals surface area contributed by atoms with E-state index in [1.165, 1.54) is 0 Å². The van der Waals surface area contributed by atoms with E-state index in [9.17, 15) is 4.79 Å². The minimum absolute atomic E-state index is 0.0977. The number of rotatable bonds is 10. The lowest BCUT2D eigenvalue weighted by Gasteiger charge is -2.17. The largest absolute Gasteiger partial charge is 0.493 e. The number of hydrogen-bond donors (Lipinski definition) is 1. The number of fused-ring (bicyclic) bond motifs is 1. The van der Waals surface area contributed by atoms with E-state index >= 15 is 0 Å². The van der Waals surface area contributed by atoms with E-state index < -0.39 is 0 Å². The van der Waals surface area contributed by atoms with Crippen molar-refractivity contribution in [3.05, 3.63) is 83.7 Å². The van der Waals surface area contributed by atoms with E-state index in [2.05, 4.69) is 9.88 Å². The van der Waals surface area contributed by atoms with Gasteiger partial charge in [0, 0.05) is 0 Å². The topological polar surface area (TPSA) is 74.6 Å². The average molecular weight is 474 g/mol. The molecule has 1 heterocycles. The molecule has 0 bridgehead atoms. The van der Waals surface area contributed by atoms with Crippen molar-refractivity contribution >= 4 is 16.9 Å². The first-order valence-corrected chi connectivity index (χ1v) is 11.6. The Balaban J connectivity index is 1.48. The second-order valence-corrected chi connectivity index (χ2v) is 8.38. The number of nitrogens with zero attached hydrogens (tertiary/aromatic N) is 2. The van der Waals surface area contributed by atoms with Crippen LogP contribution in [-0.2, 0) is 17.8 Å². The number of amides is 1. The van der Waals surface area contributed by atoms with Crippen LogP contribution in [0.1, 0.15) is 29.9 Å². The van der Waals surface area contributed by atoms with Crippen molar-refractivity contribution in [2.45, 2.75) is 32.9 Å². The normalized spacial score (nSPS) is 11.8. The molecule has 35 heavy (non-hydrogen) atoms. The fourth-order valence-corrected chi connectivity index (χ4v) is 4.16. The van der Waals surface area contributed by atoms with Gasteiger partial charge in [-0.3, -0.25) is 4.79 Å². The number of carbonyl (C=O) groups is 1. The molecular formula is C28H31N3O4. The molecule has 4 rings (SSSR count). The first-order chi connectivity index (χ1) is 17.0. The molecule has 1 atom stereocenters. The van der Waals surface area contributed by atoms with E-state index in [-0.39, 0.29) is 18.4 Å². The average Bonchev–Trinajstić information content (AvgIpc) is 3.24. The summed E-state index contributed by atoms with van der Waals surface area (Å²) in [6, 6.07) is 21.2. The second kappa shape index (κ2) is 11.0. The fraction of sp³-hybridized carbons (Fsp3) is 0.286. The summed E-state index contributed by atoms with van der Waals surface area (Å²) in [4.78, 5) is 17.7. The summed E-state index contributed by atoms with van der Waals surface area (Å²) in [5.41, 5.74) is 3.84. The number of aromatic nitrogens is 2. The zero-order valence-electron chi connectivity index (χ0n) is 20.6. The molecule has 7 heteroatoms. The quantitative estimate of drug-likeness (QED) is 0.356. The van der Waals surface area contributed by atoms with E-state index in [0.29, 0.717) is 24.7 Å².